The van der Waals surface area contributed by atoms with Crippen molar-refractivity contribution in [3.05, 3.63) is 64.0 Å². The lowest BCUT2D eigenvalue weighted by molar-refractivity contribution is -0.140. The summed E-state index contributed by atoms with van der Waals surface area (Å²) in [5.41, 5.74) is 0.772. The number of thioether (sulfide) groups is 1. The minimum atomic E-state index is -1.23. The van der Waals surface area contributed by atoms with Gasteiger partial charge in [-0.05, 0) is 53.7 Å². The highest BCUT2D eigenvalue weighted by atomic mass is 35.5. The molecular weight excluding hydrogens is 394 g/mol. The monoisotopic (exact) mass is 405 g/mol. The smallest absolute Gasteiger partial charge is 0.323 e. The van der Waals surface area contributed by atoms with Crippen LogP contribution in [-0.4, -0.2) is 33.7 Å². The molecule has 0 aliphatic carbocycles. The zero-order valence-corrected chi connectivity index (χ0v) is 15.6. The van der Waals surface area contributed by atoms with Gasteiger partial charge in [0, 0.05) is 14.8 Å². The van der Waals surface area contributed by atoms with Crippen LogP contribution in [0.4, 0.5) is 4.79 Å². The van der Waals surface area contributed by atoms with Gasteiger partial charge in [-0.15, -0.1) is 0 Å². The third-order valence-corrected chi connectivity index (χ3v) is 5.67. The number of rotatable bonds is 5. The second kappa shape index (κ2) is 7.99. The van der Waals surface area contributed by atoms with Crippen molar-refractivity contribution in [1.82, 2.24) is 4.90 Å². The van der Waals surface area contributed by atoms with Crippen LogP contribution in [0.15, 0.2) is 63.2 Å². The van der Waals surface area contributed by atoms with E-state index in [9.17, 15) is 14.4 Å². The van der Waals surface area contributed by atoms with E-state index in [1.807, 2.05) is 36.4 Å². The zero-order chi connectivity index (χ0) is 18.7. The number of benzene rings is 2. The number of carboxylic acids is 1. The largest absolute Gasteiger partial charge is 0.480 e. The van der Waals surface area contributed by atoms with Gasteiger partial charge in [-0.2, -0.15) is 0 Å². The molecule has 0 unspecified atom stereocenters. The Morgan fingerprint density at radius 2 is 1.85 bits per heavy atom. The number of hydrogen-bond acceptors (Lipinski definition) is 5. The average molecular weight is 406 g/mol. The Labute approximate surface area is 163 Å². The van der Waals surface area contributed by atoms with Crippen LogP contribution in [0.3, 0.4) is 0 Å². The normalized spacial score (nSPS) is 15.7. The second-order valence-electron chi connectivity index (χ2n) is 5.26. The molecule has 2 amide bonds. The molecular formula is C18H12ClNO4S2. The average Bonchev–Trinajstić information content (AvgIpc) is 2.86. The summed E-state index contributed by atoms with van der Waals surface area (Å²) in [4.78, 5) is 37.8. The molecule has 1 aliphatic heterocycles. The van der Waals surface area contributed by atoms with E-state index in [1.54, 1.807) is 18.2 Å². The van der Waals surface area contributed by atoms with E-state index >= 15 is 0 Å². The number of halogens is 1. The molecule has 3 rings (SSSR count). The SMILES string of the molecule is O=C(O)CN1C(=O)S/C(=C\c2ccccc2Sc2ccc(Cl)cc2)C1=O. The Kier molecular flexibility index (Phi) is 5.70. The molecule has 0 saturated carbocycles. The van der Waals surface area contributed by atoms with Crippen LogP contribution in [0, 0.1) is 0 Å². The van der Waals surface area contributed by atoms with E-state index in [0.717, 1.165) is 32.0 Å². The number of hydrogen-bond donors (Lipinski definition) is 1. The van der Waals surface area contributed by atoms with E-state index in [-0.39, 0.29) is 4.91 Å². The molecule has 2 aromatic rings. The van der Waals surface area contributed by atoms with Crippen LogP contribution in [-0.2, 0) is 9.59 Å². The fourth-order valence-electron chi connectivity index (χ4n) is 2.24. The summed E-state index contributed by atoms with van der Waals surface area (Å²) in [7, 11) is 0. The van der Waals surface area contributed by atoms with Crippen molar-refractivity contribution in [2.45, 2.75) is 9.79 Å². The molecule has 0 radical (unpaired) electrons. The number of carboxylic acid groups (broad SMARTS) is 1. The molecule has 132 valence electrons. The Bertz CT molecular complexity index is 912. The van der Waals surface area contributed by atoms with Crippen molar-refractivity contribution in [3.63, 3.8) is 0 Å². The van der Waals surface area contributed by atoms with Crippen LogP contribution in [0.5, 0.6) is 0 Å². The van der Waals surface area contributed by atoms with Crippen LogP contribution < -0.4 is 0 Å². The summed E-state index contributed by atoms with van der Waals surface area (Å²) in [5, 5.41) is 8.90. The summed E-state index contributed by atoms with van der Waals surface area (Å²) in [6.45, 7) is -0.636. The summed E-state index contributed by atoms with van der Waals surface area (Å²) in [5.74, 6) is -1.82. The fourth-order valence-corrected chi connectivity index (χ4v) is 4.11. The number of carbonyl (C=O) groups excluding carboxylic acids is 2. The van der Waals surface area contributed by atoms with Crippen LogP contribution in [0.25, 0.3) is 6.08 Å². The van der Waals surface area contributed by atoms with Crippen molar-refractivity contribution < 1.29 is 19.5 Å². The molecule has 0 atom stereocenters. The quantitative estimate of drug-likeness (QED) is 0.732. The maximum atomic E-state index is 12.3. The van der Waals surface area contributed by atoms with E-state index in [2.05, 4.69) is 0 Å². The summed E-state index contributed by atoms with van der Waals surface area (Å²) >= 11 is 8.15. The number of amides is 2. The lowest BCUT2D eigenvalue weighted by atomic mass is 10.2. The Morgan fingerprint density at radius 1 is 1.15 bits per heavy atom. The van der Waals surface area contributed by atoms with Crippen LogP contribution >= 0.6 is 35.1 Å². The van der Waals surface area contributed by atoms with Gasteiger partial charge in [0.2, 0.25) is 0 Å². The third-order valence-electron chi connectivity index (χ3n) is 3.41. The van der Waals surface area contributed by atoms with Gasteiger partial charge in [0.1, 0.15) is 6.54 Å². The molecule has 1 N–H and O–H groups in total. The number of nitrogens with zero attached hydrogens (tertiary/aromatic N) is 1. The highest BCUT2D eigenvalue weighted by Crippen LogP contribution is 2.36. The van der Waals surface area contributed by atoms with E-state index < -0.39 is 23.7 Å². The van der Waals surface area contributed by atoms with Crippen molar-refractivity contribution in [3.8, 4) is 0 Å². The molecule has 0 spiro atoms. The van der Waals surface area contributed by atoms with Crippen LogP contribution in [0.1, 0.15) is 5.56 Å². The molecule has 1 fully saturated rings. The minimum Gasteiger partial charge on any atom is -0.480 e. The minimum absolute atomic E-state index is 0.209. The predicted molar refractivity (Wildman–Crippen MR) is 102 cm³/mol. The molecule has 0 aromatic heterocycles. The molecule has 2 aromatic carbocycles. The van der Waals surface area contributed by atoms with Gasteiger partial charge in [0.25, 0.3) is 11.1 Å². The summed E-state index contributed by atoms with van der Waals surface area (Å²) < 4.78 is 0. The molecule has 8 heteroatoms. The molecule has 5 nitrogen and oxygen atoms in total. The first-order chi connectivity index (χ1) is 12.4. The predicted octanol–water partition coefficient (Wildman–Crippen LogP) is 4.61. The second-order valence-corrected chi connectivity index (χ2v) is 7.80. The van der Waals surface area contributed by atoms with E-state index in [4.69, 9.17) is 16.7 Å². The first kappa shape index (κ1) is 18.6. The molecule has 26 heavy (non-hydrogen) atoms. The molecule has 1 heterocycles. The van der Waals surface area contributed by atoms with Crippen molar-refractivity contribution in [2.24, 2.45) is 0 Å². The zero-order valence-electron chi connectivity index (χ0n) is 13.2. The van der Waals surface area contributed by atoms with Gasteiger partial charge in [-0.1, -0.05) is 41.6 Å². The van der Waals surface area contributed by atoms with Crippen molar-refractivity contribution in [1.29, 1.82) is 0 Å². The third kappa shape index (κ3) is 4.30. The first-order valence-electron chi connectivity index (χ1n) is 7.43. The number of aliphatic carboxylic acids is 1. The van der Waals surface area contributed by atoms with Crippen molar-refractivity contribution in [2.75, 3.05) is 6.54 Å². The number of imide groups is 1. The number of carbonyl (C=O) groups is 3. The van der Waals surface area contributed by atoms with Gasteiger partial charge in [0.15, 0.2) is 0 Å². The Morgan fingerprint density at radius 3 is 2.54 bits per heavy atom. The fraction of sp³-hybridized carbons (Fsp3) is 0.0556. The van der Waals surface area contributed by atoms with Gasteiger partial charge >= 0.3 is 5.97 Å². The van der Waals surface area contributed by atoms with Crippen LogP contribution in [0.2, 0.25) is 5.02 Å². The summed E-state index contributed by atoms with van der Waals surface area (Å²) in [6, 6.07) is 14.8. The Balaban J connectivity index is 1.87. The lowest BCUT2D eigenvalue weighted by Crippen LogP contribution is -2.33. The first-order valence-corrected chi connectivity index (χ1v) is 9.45. The molecule has 1 saturated heterocycles. The lowest BCUT2D eigenvalue weighted by Gasteiger charge is -2.08. The maximum Gasteiger partial charge on any atom is 0.323 e. The molecule has 0 bridgehead atoms. The van der Waals surface area contributed by atoms with Gasteiger partial charge < -0.3 is 5.11 Å². The summed E-state index contributed by atoms with van der Waals surface area (Å²) in [6.07, 6.45) is 1.62. The van der Waals surface area contributed by atoms with E-state index in [1.165, 1.54) is 11.8 Å². The van der Waals surface area contributed by atoms with Crippen molar-refractivity contribution >= 4 is 58.3 Å². The highest BCUT2D eigenvalue weighted by molar-refractivity contribution is 8.18. The standard InChI is InChI=1S/C18H12ClNO4S2/c19-12-5-7-13(8-6-12)25-14-4-2-1-3-11(14)9-15-17(23)20(10-16(21)22)18(24)26-15/h1-9H,10H2,(H,21,22)/b15-9-. The van der Waals surface area contributed by atoms with Gasteiger partial charge in [-0.3, -0.25) is 19.3 Å². The maximum absolute atomic E-state index is 12.3. The van der Waals surface area contributed by atoms with Gasteiger partial charge in [-0.25, -0.2) is 0 Å². The molecule has 1 aliphatic rings. The topological polar surface area (TPSA) is 74.7 Å². The Hall–Kier alpha value is -2.22. The highest BCUT2D eigenvalue weighted by Gasteiger charge is 2.36. The van der Waals surface area contributed by atoms with E-state index in [0.29, 0.717) is 5.02 Å². The van der Waals surface area contributed by atoms with Gasteiger partial charge in [0.05, 0.1) is 4.91 Å².